The third kappa shape index (κ3) is 3.94. The van der Waals surface area contributed by atoms with E-state index >= 15 is 0 Å². The van der Waals surface area contributed by atoms with Crippen LogP contribution in [0.2, 0.25) is 0 Å². The normalized spacial score (nSPS) is 15.1. The van der Waals surface area contributed by atoms with E-state index in [0.717, 1.165) is 19.6 Å². The van der Waals surface area contributed by atoms with Gasteiger partial charge < -0.3 is 14.8 Å². The van der Waals surface area contributed by atoms with E-state index in [1.807, 2.05) is 24.3 Å². The van der Waals surface area contributed by atoms with Gasteiger partial charge in [0.15, 0.2) is 6.61 Å². The maximum absolute atomic E-state index is 11.0. The van der Waals surface area contributed by atoms with Gasteiger partial charge in [-0.1, -0.05) is 12.1 Å². The number of hydrogen-bond donors (Lipinski definition) is 1. The molecule has 0 aliphatic carbocycles. The van der Waals surface area contributed by atoms with Gasteiger partial charge in [0.2, 0.25) is 0 Å². The van der Waals surface area contributed by atoms with Gasteiger partial charge in [-0.2, -0.15) is 0 Å². The zero-order valence-corrected chi connectivity index (χ0v) is 11.4. The summed E-state index contributed by atoms with van der Waals surface area (Å²) in [4.78, 5) is 13.3. The number of likely N-dealkylation sites (N-methyl/N-ethyl adjacent to an activating group) is 1. The van der Waals surface area contributed by atoms with Gasteiger partial charge in [0, 0.05) is 25.7 Å². The van der Waals surface area contributed by atoms with Crippen molar-refractivity contribution in [2.45, 2.75) is 12.6 Å². The van der Waals surface area contributed by atoms with Crippen molar-refractivity contribution in [3.05, 3.63) is 29.8 Å². The molecule has 0 spiro atoms. The van der Waals surface area contributed by atoms with E-state index in [1.165, 1.54) is 12.7 Å². The molecule has 1 heterocycles. The van der Waals surface area contributed by atoms with Crippen molar-refractivity contribution in [3.8, 4) is 5.75 Å². The van der Waals surface area contributed by atoms with Crippen LogP contribution in [-0.4, -0.2) is 50.8 Å². The van der Waals surface area contributed by atoms with E-state index in [2.05, 4.69) is 22.0 Å². The molecule has 2 rings (SSSR count). The van der Waals surface area contributed by atoms with Gasteiger partial charge in [-0.15, -0.1) is 0 Å². The molecule has 0 aromatic heterocycles. The molecule has 0 radical (unpaired) electrons. The van der Waals surface area contributed by atoms with E-state index in [9.17, 15) is 4.79 Å². The third-order valence-electron chi connectivity index (χ3n) is 3.32. The summed E-state index contributed by atoms with van der Waals surface area (Å²) in [5.74, 6) is 0.309. The van der Waals surface area contributed by atoms with Crippen molar-refractivity contribution >= 4 is 5.97 Å². The molecule has 1 aromatic rings. The van der Waals surface area contributed by atoms with Crippen LogP contribution in [0.1, 0.15) is 5.56 Å². The van der Waals surface area contributed by atoms with Crippen molar-refractivity contribution in [2.24, 2.45) is 0 Å². The number of esters is 1. The van der Waals surface area contributed by atoms with Gasteiger partial charge in [-0.25, -0.2) is 4.79 Å². The van der Waals surface area contributed by atoms with Crippen LogP contribution in [0.25, 0.3) is 0 Å². The Labute approximate surface area is 113 Å². The molecule has 0 unspecified atom stereocenters. The van der Waals surface area contributed by atoms with Crippen LogP contribution < -0.4 is 10.1 Å². The Morgan fingerprint density at radius 3 is 2.58 bits per heavy atom. The van der Waals surface area contributed by atoms with Crippen LogP contribution in [-0.2, 0) is 16.1 Å². The van der Waals surface area contributed by atoms with E-state index in [0.29, 0.717) is 11.8 Å². The molecular formula is C14H20N2O3. The van der Waals surface area contributed by atoms with Crippen molar-refractivity contribution in [1.82, 2.24) is 10.2 Å². The number of hydrogen-bond acceptors (Lipinski definition) is 5. The monoisotopic (exact) mass is 264 g/mol. The second-order valence-electron chi connectivity index (χ2n) is 4.74. The maximum atomic E-state index is 11.0. The number of ether oxygens (including phenoxy) is 2. The first kappa shape index (κ1) is 13.8. The summed E-state index contributed by atoms with van der Waals surface area (Å²) < 4.78 is 9.82. The highest BCUT2D eigenvalue weighted by atomic mass is 16.6. The average Bonchev–Trinajstić information content (AvgIpc) is 2.35. The van der Waals surface area contributed by atoms with Crippen LogP contribution in [0.5, 0.6) is 5.75 Å². The molecule has 104 valence electrons. The van der Waals surface area contributed by atoms with Gasteiger partial charge in [0.1, 0.15) is 5.75 Å². The maximum Gasteiger partial charge on any atom is 0.343 e. The molecule has 0 atom stereocenters. The van der Waals surface area contributed by atoms with Crippen LogP contribution in [0.4, 0.5) is 0 Å². The zero-order valence-electron chi connectivity index (χ0n) is 11.4. The molecule has 1 N–H and O–H groups in total. The van der Waals surface area contributed by atoms with Crippen LogP contribution in [0.3, 0.4) is 0 Å². The fourth-order valence-electron chi connectivity index (χ4n) is 1.89. The molecule has 1 fully saturated rings. The Morgan fingerprint density at radius 1 is 1.37 bits per heavy atom. The lowest BCUT2D eigenvalue weighted by molar-refractivity contribution is -0.142. The molecule has 0 bridgehead atoms. The predicted molar refractivity (Wildman–Crippen MR) is 72.1 cm³/mol. The van der Waals surface area contributed by atoms with Crippen molar-refractivity contribution in [2.75, 3.05) is 33.9 Å². The van der Waals surface area contributed by atoms with Gasteiger partial charge >= 0.3 is 5.97 Å². The summed E-state index contributed by atoms with van der Waals surface area (Å²) in [7, 11) is 3.48. The van der Waals surface area contributed by atoms with Crippen LogP contribution in [0.15, 0.2) is 24.3 Å². The van der Waals surface area contributed by atoms with E-state index < -0.39 is 0 Å². The Kier molecular flexibility index (Phi) is 4.76. The predicted octanol–water partition coefficient (Wildman–Crippen LogP) is 0.642. The van der Waals surface area contributed by atoms with E-state index in [1.54, 1.807) is 0 Å². The number of carbonyl (C=O) groups is 1. The highest BCUT2D eigenvalue weighted by Gasteiger charge is 2.21. The number of methoxy groups -OCH3 is 1. The minimum atomic E-state index is -0.374. The molecule has 1 saturated heterocycles. The topological polar surface area (TPSA) is 50.8 Å². The second-order valence-corrected chi connectivity index (χ2v) is 4.74. The summed E-state index contributed by atoms with van der Waals surface area (Å²) in [5.41, 5.74) is 1.24. The lowest BCUT2D eigenvalue weighted by atomic mass is 10.1. The molecule has 19 heavy (non-hydrogen) atoms. The number of benzene rings is 1. The Balaban J connectivity index is 1.82. The number of nitrogens with zero attached hydrogens (tertiary/aromatic N) is 1. The van der Waals surface area contributed by atoms with Gasteiger partial charge in [0.25, 0.3) is 0 Å². The number of carbonyl (C=O) groups excluding carboxylic acids is 1. The highest BCUT2D eigenvalue weighted by Crippen LogP contribution is 2.15. The zero-order chi connectivity index (χ0) is 13.7. The number of nitrogens with one attached hydrogen (secondary N) is 1. The van der Waals surface area contributed by atoms with Gasteiger partial charge in [-0.3, -0.25) is 4.90 Å². The molecule has 0 saturated carbocycles. The van der Waals surface area contributed by atoms with E-state index in [-0.39, 0.29) is 12.6 Å². The van der Waals surface area contributed by atoms with Crippen LogP contribution in [0, 0.1) is 0 Å². The molecule has 0 amide bonds. The minimum absolute atomic E-state index is 0.0521. The average molecular weight is 264 g/mol. The lowest BCUT2D eigenvalue weighted by Gasteiger charge is -2.35. The van der Waals surface area contributed by atoms with Crippen molar-refractivity contribution in [1.29, 1.82) is 0 Å². The molecule has 1 aromatic carbocycles. The molecular weight excluding hydrogens is 244 g/mol. The van der Waals surface area contributed by atoms with Gasteiger partial charge in [0.05, 0.1) is 7.11 Å². The smallest absolute Gasteiger partial charge is 0.343 e. The summed E-state index contributed by atoms with van der Waals surface area (Å²) in [6.45, 7) is 3.00. The standard InChI is InChI=1S/C14H20N2O3/c1-16(12-7-15-8-12)9-11-3-5-13(6-4-11)19-10-14(17)18-2/h3-6,12,15H,7-10H2,1-2H3. The molecule has 1 aliphatic rings. The SMILES string of the molecule is COC(=O)COc1ccc(CN(C)C2CNC2)cc1. The van der Waals surface area contributed by atoms with Crippen molar-refractivity contribution in [3.63, 3.8) is 0 Å². The summed E-state index contributed by atoms with van der Waals surface area (Å²) in [5, 5.41) is 3.26. The molecule has 5 heteroatoms. The number of rotatable bonds is 6. The fourth-order valence-corrected chi connectivity index (χ4v) is 1.89. The third-order valence-corrected chi connectivity index (χ3v) is 3.32. The first-order valence-electron chi connectivity index (χ1n) is 6.38. The largest absolute Gasteiger partial charge is 0.482 e. The Bertz CT molecular complexity index is 415. The second kappa shape index (κ2) is 6.54. The Morgan fingerprint density at radius 2 is 2.05 bits per heavy atom. The fraction of sp³-hybridized carbons (Fsp3) is 0.500. The highest BCUT2D eigenvalue weighted by molar-refractivity contribution is 5.70. The molecule has 5 nitrogen and oxygen atoms in total. The lowest BCUT2D eigenvalue weighted by Crippen LogP contribution is -2.55. The quantitative estimate of drug-likeness (QED) is 0.764. The summed E-state index contributed by atoms with van der Waals surface area (Å²) >= 11 is 0. The Hall–Kier alpha value is -1.59. The summed E-state index contributed by atoms with van der Waals surface area (Å²) in [6, 6.07) is 8.44. The van der Waals surface area contributed by atoms with E-state index in [4.69, 9.17) is 4.74 Å². The van der Waals surface area contributed by atoms with Crippen LogP contribution >= 0.6 is 0 Å². The minimum Gasteiger partial charge on any atom is -0.482 e. The van der Waals surface area contributed by atoms with Gasteiger partial charge in [-0.05, 0) is 24.7 Å². The summed E-state index contributed by atoms with van der Waals surface area (Å²) in [6.07, 6.45) is 0. The first-order valence-corrected chi connectivity index (χ1v) is 6.38. The molecule has 1 aliphatic heterocycles. The van der Waals surface area contributed by atoms with Crippen molar-refractivity contribution < 1.29 is 14.3 Å². The first-order chi connectivity index (χ1) is 9.19.